The van der Waals surface area contributed by atoms with Crippen molar-refractivity contribution in [1.82, 2.24) is 10.3 Å². The van der Waals surface area contributed by atoms with Gasteiger partial charge in [-0.3, -0.25) is 9.78 Å². The number of hydrogen-bond acceptors (Lipinski definition) is 4. The lowest BCUT2D eigenvalue weighted by atomic mass is 10.0. The maximum Gasteiger partial charge on any atom is 0.287 e. The van der Waals surface area contributed by atoms with E-state index in [-0.39, 0.29) is 24.2 Å². The molecular formula is C18H17ClN2O3. The Labute approximate surface area is 144 Å². The molecule has 0 radical (unpaired) electrons. The molecule has 0 saturated carbocycles. The molecule has 1 aromatic carbocycles. The molecule has 24 heavy (non-hydrogen) atoms. The average Bonchev–Trinajstić information content (AvgIpc) is 3.02. The van der Waals surface area contributed by atoms with E-state index in [1.54, 1.807) is 30.5 Å². The van der Waals surface area contributed by atoms with E-state index in [1.165, 1.54) is 0 Å². The predicted molar refractivity (Wildman–Crippen MR) is 92.1 cm³/mol. The number of furan rings is 1. The van der Waals surface area contributed by atoms with Crippen molar-refractivity contribution >= 4 is 28.5 Å². The first kappa shape index (κ1) is 16.5. The molecule has 3 rings (SSSR count). The summed E-state index contributed by atoms with van der Waals surface area (Å²) in [6.45, 7) is 0.302. The molecule has 2 heterocycles. The van der Waals surface area contributed by atoms with Crippen molar-refractivity contribution in [2.75, 3.05) is 13.2 Å². The van der Waals surface area contributed by atoms with E-state index in [2.05, 4.69) is 10.3 Å². The number of nitrogens with one attached hydrogen (secondary N) is 1. The van der Waals surface area contributed by atoms with Gasteiger partial charge < -0.3 is 14.8 Å². The third-order valence-corrected chi connectivity index (χ3v) is 3.97. The van der Waals surface area contributed by atoms with Crippen molar-refractivity contribution in [2.24, 2.45) is 5.92 Å². The van der Waals surface area contributed by atoms with Gasteiger partial charge in [-0.1, -0.05) is 17.7 Å². The van der Waals surface area contributed by atoms with Gasteiger partial charge in [0.05, 0.1) is 0 Å². The van der Waals surface area contributed by atoms with Gasteiger partial charge in [0.15, 0.2) is 5.76 Å². The van der Waals surface area contributed by atoms with E-state index in [9.17, 15) is 9.90 Å². The molecule has 2 N–H and O–H groups in total. The quantitative estimate of drug-likeness (QED) is 0.720. The van der Waals surface area contributed by atoms with Crippen molar-refractivity contribution in [3.8, 4) is 0 Å². The normalized spacial score (nSPS) is 12.2. The predicted octanol–water partition coefficient (Wildman–Crippen LogP) is 3.06. The van der Waals surface area contributed by atoms with Gasteiger partial charge in [-0.15, -0.1) is 0 Å². The Morgan fingerprint density at radius 3 is 2.92 bits per heavy atom. The molecule has 0 fully saturated rings. The minimum atomic E-state index is -0.318. The van der Waals surface area contributed by atoms with Crippen LogP contribution in [-0.4, -0.2) is 29.1 Å². The lowest BCUT2D eigenvalue weighted by Gasteiger charge is -2.14. The van der Waals surface area contributed by atoms with Gasteiger partial charge in [-0.05, 0) is 42.8 Å². The molecule has 0 aliphatic carbocycles. The van der Waals surface area contributed by atoms with Gasteiger partial charge in [-0.25, -0.2) is 0 Å². The summed E-state index contributed by atoms with van der Waals surface area (Å²) in [5.41, 5.74) is 1.49. The molecule has 2 aromatic heterocycles. The van der Waals surface area contributed by atoms with E-state index in [0.29, 0.717) is 23.6 Å². The number of carbonyl (C=O) groups excluding carboxylic acids is 1. The van der Waals surface area contributed by atoms with Crippen molar-refractivity contribution in [3.63, 3.8) is 0 Å². The number of fused-ring (bicyclic) bond motifs is 1. The van der Waals surface area contributed by atoms with Crippen LogP contribution in [0, 0.1) is 5.92 Å². The first-order valence-electron chi connectivity index (χ1n) is 7.64. The van der Waals surface area contributed by atoms with Crippen LogP contribution in [0.15, 0.2) is 53.1 Å². The second-order valence-corrected chi connectivity index (χ2v) is 6.01. The largest absolute Gasteiger partial charge is 0.451 e. The maximum absolute atomic E-state index is 12.2. The van der Waals surface area contributed by atoms with Crippen LogP contribution in [0.5, 0.6) is 0 Å². The Bertz CT molecular complexity index is 833. The zero-order chi connectivity index (χ0) is 16.9. The van der Waals surface area contributed by atoms with Gasteiger partial charge in [0.1, 0.15) is 5.58 Å². The Hall–Kier alpha value is -2.37. The van der Waals surface area contributed by atoms with Crippen LogP contribution in [0.4, 0.5) is 0 Å². The molecule has 6 heteroatoms. The fourth-order valence-corrected chi connectivity index (χ4v) is 2.65. The summed E-state index contributed by atoms with van der Waals surface area (Å²) in [6, 6.07) is 12.5. The molecule has 0 aliphatic heterocycles. The number of hydrogen-bond donors (Lipinski definition) is 2. The topological polar surface area (TPSA) is 75.4 Å². The zero-order valence-electron chi connectivity index (χ0n) is 12.9. The standard InChI is InChI=1S/C18H17ClN2O3/c19-14-4-5-16-13(8-14)9-17(24-16)18(23)21-10-12(11-22)7-15-3-1-2-6-20-15/h1-6,8-9,12,22H,7,10-11H2,(H,21,23). The SMILES string of the molecule is O=C(NCC(CO)Cc1ccccn1)c1cc2cc(Cl)ccc2o1. The monoisotopic (exact) mass is 344 g/mol. The number of carbonyl (C=O) groups is 1. The Kier molecular flexibility index (Phi) is 5.13. The summed E-state index contributed by atoms with van der Waals surface area (Å²) >= 11 is 5.93. The van der Waals surface area contributed by atoms with Crippen molar-refractivity contribution in [3.05, 3.63) is 65.1 Å². The highest BCUT2D eigenvalue weighted by molar-refractivity contribution is 6.31. The van der Waals surface area contributed by atoms with Crippen LogP contribution in [0.1, 0.15) is 16.2 Å². The van der Waals surface area contributed by atoms with Crippen LogP contribution < -0.4 is 5.32 Å². The number of aromatic nitrogens is 1. The number of nitrogens with zero attached hydrogens (tertiary/aromatic N) is 1. The minimum Gasteiger partial charge on any atom is -0.451 e. The van der Waals surface area contributed by atoms with Gasteiger partial charge in [-0.2, -0.15) is 0 Å². The highest BCUT2D eigenvalue weighted by atomic mass is 35.5. The second kappa shape index (κ2) is 7.47. The maximum atomic E-state index is 12.2. The number of aliphatic hydroxyl groups excluding tert-OH is 1. The lowest BCUT2D eigenvalue weighted by molar-refractivity contribution is 0.0914. The number of aliphatic hydroxyl groups is 1. The summed E-state index contributed by atoms with van der Waals surface area (Å²) < 4.78 is 5.52. The molecule has 0 aliphatic rings. The first-order chi connectivity index (χ1) is 11.7. The highest BCUT2D eigenvalue weighted by Gasteiger charge is 2.15. The number of amides is 1. The van der Waals surface area contributed by atoms with Crippen molar-refractivity contribution < 1.29 is 14.3 Å². The van der Waals surface area contributed by atoms with Gasteiger partial charge in [0.25, 0.3) is 5.91 Å². The van der Waals surface area contributed by atoms with Gasteiger partial charge >= 0.3 is 0 Å². The van der Waals surface area contributed by atoms with Gasteiger partial charge in [0.2, 0.25) is 0 Å². The zero-order valence-corrected chi connectivity index (χ0v) is 13.7. The first-order valence-corrected chi connectivity index (χ1v) is 8.01. The van der Waals surface area contributed by atoms with E-state index in [1.807, 2.05) is 18.2 Å². The molecule has 5 nitrogen and oxygen atoms in total. The summed E-state index contributed by atoms with van der Waals surface area (Å²) in [5.74, 6) is -0.203. The van der Waals surface area contributed by atoms with E-state index in [4.69, 9.17) is 16.0 Å². The van der Waals surface area contributed by atoms with Gasteiger partial charge in [0, 0.05) is 41.4 Å². The third kappa shape index (κ3) is 3.93. The summed E-state index contributed by atoms with van der Waals surface area (Å²) in [7, 11) is 0. The fraction of sp³-hybridized carbons (Fsp3) is 0.222. The van der Waals surface area contributed by atoms with E-state index in [0.717, 1.165) is 11.1 Å². The molecule has 124 valence electrons. The van der Waals surface area contributed by atoms with Crippen molar-refractivity contribution in [1.29, 1.82) is 0 Å². The Morgan fingerprint density at radius 2 is 2.17 bits per heavy atom. The number of benzene rings is 1. The number of halogens is 1. The van der Waals surface area contributed by atoms with Crippen LogP contribution >= 0.6 is 11.6 Å². The second-order valence-electron chi connectivity index (χ2n) is 5.58. The molecule has 0 saturated heterocycles. The molecule has 0 bridgehead atoms. The molecule has 1 amide bonds. The Morgan fingerprint density at radius 1 is 1.29 bits per heavy atom. The van der Waals surface area contributed by atoms with Crippen molar-refractivity contribution in [2.45, 2.75) is 6.42 Å². The minimum absolute atomic E-state index is 0.0351. The smallest absolute Gasteiger partial charge is 0.287 e. The Balaban J connectivity index is 1.62. The van der Waals surface area contributed by atoms with Crippen LogP contribution in [0.2, 0.25) is 5.02 Å². The highest BCUT2D eigenvalue weighted by Crippen LogP contribution is 2.23. The summed E-state index contributed by atoms with van der Waals surface area (Å²) in [6.07, 6.45) is 2.30. The summed E-state index contributed by atoms with van der Waals surface area (Å²) in [5, 5.41) is 13.7. The van der Waals surface area contributed by atoms with Crippen LogP contribution in [-0.2, 0) is 6.42 Å². The molecule has 1 unspecified atom stereocenters. The van der Waals surface area contributed by atoms with Crippen LogP contribution in [0.3, 0.4) is 0 Å². The van der Waals surface area contributed by atoms with E-state index < -0.39 is 0 Å². The average molecular weight is 345 g/mol. The lowest BCUT2D eigenvalue weighted by Crippen LogP contribution is -2.31. The molecule has 3 aromatic rings. The molecular weight excluding hydrogens is 328 g/mol. The third-order valence-electron chi connectivity index (χ3n) is 3.74. The molecule has 1 atom stereocenters. The summed E-state index contributed by atoms with van der Waals surface area (Å²) in [4.78, 5) is 16.5. The fourth-order valence-electron chi connectivity index (χ4n) is 2.47. The number of rotatable bonds is 6. The van der Waals surface area contributed by atoms with Crippen LogP contribution in [0.25, 0.3) is 11.0 Å². The molecule has 0 spiro atoms. The van der Waals surface area contributed by atoms with E-state index >= 15 is 0 Å². The number of pyridine rings is 1.